The van der Waals surface area contributed by atoms with Crippen LogP contribution in [0.2, 0.25) is 0 Å². The van der Waals surface area contributed by atoms with Crippen LogP contribution in [0.5, 0.6) is 0 Å². The summed E-state index contributed by atoms with van der Waals surface area (Å²) in [5.74, 6) is 0.130. The zero-order valence-corrected chi connectivity index (χ0v) is 12.4. The van der Waals surface area contributed by atoms with Gasteiger partial charge in [0.1, 0.15) is 5.84 Å². The van der Waals surface area contributed by atoms with Crippen molar-refractivity contribution >= 4 is 17.2 Å². The van der Waals surface area contributed by atoms with Crippen molar-refractivity contribution in [3.63, 3.8) is 0 Å². The molecule has 1 aromatic heterocycles. The molecule has 0 aliphatic carbocycles. The van der Waals surface area contributed by atoms with Gasteiger partial charge in [0.15, 0.2) is 0 Å². The van der Waals surface area contributed by atoms with Crippen molar-refractivity contribution in [2.24, 2.45) is 5.73 Å². The Morgan fingerprint density at radius 2 is 2.10 bits per heavy atom. The van der Waals surface area contributed by atoms with Gasteiger partial charge in [0, 0.05) is 29.6 Å². The summed E-state index contributed by atoms with van der Waals surface area (Å²) >= 11 is 1.88. The van der Waals surface area contributed by atoms with Crippen molar-refractivity contribution in [3.8, 4) is 0 Å². The monoisotopic (exact) mass is 285 g/mol. The smallest absolute Gasteiger partial charge is 0.122 e. The number of amidine groups is 1. The molecule has 0 radical (unpaired) electrons. The number of fused-ring (bicyclic) bond motifs is 1. The summed E-state index contributed by atoms with van der Waals surface area (Å²) in [4.78, 5) is 4.05. The van der Waals surface area contributed by atoms with E-state index in [2.05, 4.69) is 35.4 Å². The Kier molecular flexibility index (Phi) is 3.59. The highest BCUT2D eigenvalue weighted by Crippen LogP contribution is 2.33. The number of nitrogens with zero attached hydrogens (tertiary/aromatic N) is 1. The first-order valence-corrected chi connectivity index (χ1v) is 7.77. The van der Waals surface area contributed by atoms with Crippen LogP contribution in [0.25, 0.3) is 0 Å². The van der Waals surface area contributed by atoms with Gasteiger partial charge in [-0.3, -0.25) is 10.3 Å². The highest BCUT2D eigenvalue weighted by Gasteiger charge is 2.24. The van der Waals surface area contributed by atoms with Crippen LogP contribution >= 0.6 is 11.3 Å². The van der Waals surface area contributed by atoms with Gasteiger partial charge < -0.3 is 5.73 Å². The molecule has 0 fully saturated rings. The van der Waals surface area contributed by atoms with E-state index in [1.807, 2.05) is 23.5 Å². The molecule has 0 saturated heterocycles. The molecule has 2 heterocycles. The van der Waals surface area contributed by atoms with Gasteiger partial charge in [-0.1, -0.05) is 24.3 Å². The van der Waals surface area contributed by atoms with Crippen LogP contribution in [0.3, 0.4) is 0 Å². The summed E-state index contributed by atoms with van der Waals surface area (Å²) in [6.45, 7) is 4.35. The molecule has 1 aliphatic rings. The Balaban J connectivity index is 1.74. The fourth-order valence-electron chi connectivity index (χ4n) is 2.80. The van der Waals surface area contributed by atoms with E-state index >= 15 is 0 Å². The van der Waals surface area contributed by atoms with E-state index in [1.165, 1.54) is 11.1 Å². The summed E-state index contributed by atoms with van der Waals surface area (Å²) in [5.41, 5.74) is 9.04. The minimum absolute atomic E-state index is 0.130. The van der Waals surface area contributed by atoms with Gasteiger partial charge in [-0.2, -0.15) is 0 Å². The second kappa shape index (κ2) is 5.38. The van der Waals surface area contributed by atoms with Crippen molar-refractivity contribution in [2.75, 3.05) is 6.54 Å². The van der Waals surface area contributed by atoms with Gasteiger partial charge >= 0.3 is 0 Å². The van der Waals surface area contributed by atoms with E-state index in [0.29, 0.717) is 6.04 Å². The van der Waals surface area contributed by atoms with Gasteiger partial charge in [-0.15, -0.1) is 11.3 Å². The molecule has 4 heteroatoms. The van der Waals surface area contributed by atoms with Crippen molar-refractivity contribution in [1.29, 1.82) is 5.41 Å². The van der Waals surface area contributed by atoms with Crippen LogP contribution in [0.15, 0.2) is 35.7 Å². The topological polar surface area (TPSA) is 53.1 Å². The first-order valence-electron chi connectivity index (χ1n) is 6.89. The highest BCUT2D eigenvalue weighted by atomic mass is 32.1. The van der Waals surface area contributed by atoms with Gasteiger partial charge in [0.25, 0.3) is 0 Å². The second-order valence-corrected chi connectivity index (χ2v) is 6.31. The summed E-state index contributed by atoms with van der Waals surface area (Å²) in [7, 11) is 0. The van der Waals surface area contributed by atoms with Crippen molar-refractivity contribution in [3.05, 3.63) is 57.3 Å². The van der Waals surface area contributed by atoms with E-state index in [9.17, 15) is 0 Å². The maximum atomic E-state index is 7.42. The molecule has 1 unspecified atom stereocenters. The quantitative estimate of drug-likeness (QED) is 0.672. The molecule has 0 spiro atoms. The molecule has 20 heavy (non-hydrogen) atoms. The van der Waals surface area contributed by atoms with Crippen LogP contribution < -0.4 is 5.73 Å². The standard InChI is InChI=1S/C16H19N3S/c1-11-14-7-9-20-15(14)6-8-19(11)10-12-2-4-13(5-3-12)16(17)18/h2-5,7,9,11H,6,8,10H2,1H3,(H3,17,18). The summed E-state index contributed by atoms with van der Waals surface area (Å²) in [6.07, 6.45) is 1.16. The van der Waals surface area contributed by atoms with Crippen molar-refractivity contribution in [2.45, 2.75) is 25.9 Å². The molecule has 1 aliphatic heterocycles. The van der Waals surface area contributed by atoms with Crippen molar-refractivity contribution in [1.82, 2.24) is 4.90 Å². The first-order chi connectivity index (χ1) is 9.65. The number of nitrogens with one attached hydrogen (secondary N) is 1. The third kappa shape index (κ3) is 2.49. The lowest BCUT2D eigenvalue weighted by Gasteiger charge is -2.33. The van der Waals surface area contributed by atoms with Gasteiger partial charge in [0.05, 0.1) is 0 Å². The zero-order valence-electron chi connectivity index (χ0n) is 11.6. The molecule has 1 aromatic carbocycles. The fourth-order valence-corrected chi connectivity index (χ4v) is 3.76. The molecule has 104 valence electrons. The minimum Gasteiger partial charge on any atom is -0.384 e. The average Bonchev–Trinajstić information content (AvgIpc) is 2.92. The lowest BCUT2D eigenvalue weighted by molar-refractivity contribution is 0.191. The van der Waals surface area contributed by atoms with Crippen LogP contribution in [0.1, 0.15) is 34.5 Å². The number of hydrogen-bond donors (Lipinski definition) is 2. The number of nitrogen functional groups attached to an aromatic ring is 1. The van der Waals surface area contributed by atoms with E-state index in [4.69, 9.17) is 11.1 Å². The number of hydrogen-bond acceptors (Lipinski definition) is 3. The third-order valence-electron chi connectivity index (χ3n) is 4.05. The summed E-state index contributed by atoms with van der Waals surface area (Å²) in [6, 6.07) is 10.8. The van der Waals surface area contributed by atoms with E-state index in [1.54, 1.807) is 4.88 Å². The van der Waals surface area contributed by atoms with Crippen LogP contribution in [0, 0.1) is 5.41 Å². The number of nitrogens with two attached hydrogens (primary N) is 1. The van der Waals surface area contributed by atoms with Crippen molar-refractivity contribution < 1.29 is 0 Å². The van der Waals surface area contributed by atoms with E-state index in [-0.39, 0.29) is 5.84 Å². The minimum atomic E-state index is 0.130. The molecule has 0 amide bonds. The summed E-state index contributed by atoms with van der Waals surface area (Å²) in [5, 5.41) is 9.62. The largest absolute Gasteiger partial charge is 0.384 e. The first kappa shape index (κ1) is 13.3. The Hall–Kier alpha value is -1.65. The summed E-state index contributed by atoms with van der Waals surface area (Å²) < 4.78 is 0. The molecule has 0 saturated carbocycles. The van der Waals surface area contributed by atoms with Crippen LogP contribution in [0.4, 0.5) is 0 Å². The Bertz CT molecular complexity index is 615. The molecular weight excluding hydrogens is 266 g/mol. The number of thiophene rings is 1. The predicted octanol–water partition coefficient (Wildman–Crippen LogP) is 3.15. The fraction of sp³-hybridized carbons (Fsp3) is 0.312. The Morgan fingerprint density at radius 1 is 1.35 bits per heavy atom. The van der Waals surface area contributed by atoms with E-state index < -0.39 is 0 Å². The SMILES string of the molecule is CC1c2ccsc2CCN1Cc1ccc(C(=N)N)cc1. The number of benzene rings is 1. The molecule has 1 atom stereocenters. The molecule has 3 N–H and O–H groups in total. The normalized spacial score (nSPS) is 18.8. The lowest BCUT2D eigenvalue weighted by atomic mass is 10.0. The molecular formula is C16H19N3S. The maximum Gasteiger partial charge on any atom is 0.122 e. The lowest BCUT2D eigenvalue weighted by Crippen LogP contribution is -2.32. The maximum absolute atomic E-state index is 7.42. The molecule has 0 bridgehead atoms. The van der Waals surface area contributed by atoms with Crippen LogP contribution in [-0.2, 0) is 13.0 Å². The molecule has 3 nitrogen and oxygen atoms in total. The van der Waals surface area contributed by atoms with Crippen LogP contribution in [-0.4, -0.2) is 17.3 Å². The Morgan fingerprint density at radius 3 is 2.80 bits per heavy atom. The zero-order chi connectivity index (χ0) is 14.1. The average molecular weight is 285 g/mol. The van der Waals surface area contributed by atoms with Gasteiger partial charge in [-0.05, 0) is 35.9 Å². The second-order valence-electron chi connectivity index (χ2n) is 5.31. The van der Waals surface area contributed by atoms with Gasteiger partial charge in [0.2, 0.25) is 0 Å². The number of rotatable bonds is 3. The third-order valence-corrected chi connectivity index (χ3v) is 5.05. The molecule has 3 rings (SSSR count). The van der Waals surface area contributed by atoms with E-state index in [0.717, 1.165) is 25.1 Å². The predicted molar refractivity (Wildman–Crippen MR) is 84.3 cm³/mol. The molecule has 2 aromatic rings. The van der Waals surface area contributed by atoms with Gasteiger partial charge in [-0.25, -0.2) is 0 Å². The highest BCUT2D eigenvalue weighted by molar-refractivity contribution is 7.10. The Labute approximate surface area is 123 Å².